The van der Waals surface area contributed by atoms with E-state index in [1.54, 1.807) is 0 Å². The second-order valence-corrected chi connectivity index (χ2v) is 5.75. The zero-order valence-electron chi connectivity index (χ0n) is 12.6. The summed E-state index contributed by atoms with van der Waals surface area (Å²) in [7, 11) is 0. The number of amides is 2. The first-order chi connectivity index (χ1) is 9.73. The zero-order valence-corrected chi connectivity index (χ0v) is 13.4. The fourth-order valence-electron chi connectivity index (χ4n) is 2.11. The maximum absolute atomic E-state index is 13.5. The molecule has 0 spiro atoms. The van der Waals surface area contributed by atoms with Gasteiger partial charge in [0.2, 0.25) is 0 Å². The smallest absolute Gasteiger partial charge is 0.312 e. The number of halogens is 2. The fourth-order valence-corrected chi connectivity index (χ4v) is 2.31. The molecule has 1 rings (SSSR count). The van der Waals surface area contributed by atoms with Gasteiger partial charge < -0.3 is 10.2 Å². The van der Waals surface area contributed by atoms with Gasteiger partial charge in [-0.1, -0.05) is 11.6 Å². The highest BCUT2D eigenvalue weighted by Crippen LogP contribution is 2.14. The van der Waals surface area contributed by atoms with Crippen LogP contribution in [0.5, 0.6) is 0 Å². The molecule has 1 aromatic rings. The minimum absolute atomic E-state index is 0.0823. The Balaban J connectivity index is 2.73. The Bertz CT molecular complexity index is 524. The highest BCUT2D eigenvalue weighted by molar-refractivity contribution is 6.35. The van der Waals surface area contributed by atoms with Gasteiger partial charge in [-0.3, -0.25) is 9.59 Å². The van der Waals surface area contributed by atoms with E-state index in [9.17, 15) is 14.0 Å². The second kappa shape index (κ2) is 7.41. The van der Waals surface area contributed by atoms with E-state index in [1.165, 1.54) is 23.1 Å². The second-order valence-electron chi connectivity index (χ2n) is 5.32. The van der Waals surface area contributed by atoms with Gasteiger partial charge in [-0.25, -0.2) is 4.39 Å². The van der Waals surface area contributed by atoms with Crippen LogP contribution in [0.15, 0.2) is 18.2 Å². The lowest BCUT2D eigenvalue weighted by molar-refractivity contribution is -0.148. The van der Waals surface area contributed by atoms with Crippen molar-refractivity contribution in [1.82, 2.24) is 10.2 Å². The van der Waals surface area contributed by atoms with Crippen LogP contribution in [0.3, 0.4) is 0 Å². The largest absolute Gasteiger partial charge is 0.344 e. The fraction of sp³-hybridized carbons (Fsp3) is 0.467. The summed E-state index contributed by atoms with van der Waals surface area (Å²) in [5, 5.41) is 2.80. The lowest BCUT2D eigenvalue weighted by atomic mass is 10.2. The Morgan fingerprint density at radius 1 is 1.24 bits per heavy atom. The van der Waals surface area contributed by atoms with Crippen LogP contribution in [0.1, 0.15) is 33.3 Å². The average molecular weight is 315 g/mol. The summed E-state index contributed by atoms with van der Waals surface area (Å²) in [5.41, 5.74) is 0.240. The van der Waals surface area contributed by atoms with E-state index in [-0.39, 0.29) is 24.2 Å². The molecule has 0 radical (unpaired) electrons. The molecule has 0 aliphatic heterocycles. The third-order valence-electron chi connectivity index (χ3n) is 2.99. The molecule has 0 fully saturated rings. The van der Waals surface area contributed by atoms with E-state index < -0.39 is 17.6 Å². The number of carbonyl (C=O) groups excluding carboxylic acids is 2. The van der Waals surface area contributed by atoms with E-state index in [2.05, 4.69) is 5.32 Å². The van der Waals surface area contributed by atoms with Gasteiger partial charge in [0, 0.05) is 29.2 Å². The van der Waals surface area contributed by atoms with Gasteiger partial charge in [0.05, 0.1) is 0 Å². The van der Waals surface area contributed by atoms with Gasteiger partial charge >= 0.3 is 11.8 Å². The quantitative estimate of drug-likeness (QED) is 0.869. The molecule has 0 saturated carbocycles. The minimum atomic E-state index is -0.753. The zero-order chi connectivity index (χ0) is 16.2. The van der Waals surface area contributed by atoms with Crippen molar-refractivity contribution in [2.75, 3.05) is 0 Å². The molecule has 4 nitrogen and oxygen atoms in total. The monoisotopic (exact) mass is 314 g/mol. The number of hydrogen-bond donors (Lipinski definition) is 1. The summed E-state index contributed by atoms with van der Waals surface area (Å²) in [6, 6.07) is 3.88. The van der Waals surface area contributed by atoms with E-state index >= 15 is 0 Å². The molecule has 6 heteroatoms. The van der Waals surface area contributed by atoms with Gasteiger partial charge in [-0.05, 0) is 45.9 Å². The van der Waals surface area contributed by atoms with Crippen LogP contribution < -0.4 is 5.32 Å². The molecule has 0 saturated heterocycles. The Morgan fingerprint density at radius 3 is 2.33 bits per heavy atom. The van der Waals surface area contributed by atoms with Crippen LogP contribution >= 0.6 is 11.6 Å². The van der Waals surface area contributed by atoms with Crippen molar-refractivity contribution >= 4 is 23.4 Å². The number of nitrogens with one attached hydrogen (secondary N) is 1. The summed E-state index contributed by atoms with van der Waals surface area (Å²) in [6.45, 7) is 7.26. The third-order valence-corrected chi connectivity index (χ3v) is 3.22. The number of rotatable bonds is 4. The Labute approximate surface area is 129 Å². The van der Waals surface area contributed by atoms with Crippen molar-refractivity contribution in [2.24, 2.45) is 0 Å². The minimum Gasteiger partial charge on any atom is -0.344 e. The summed E-state index contributed by atoms with van der Waals surface area (Å²) in [4.78, 5) is 25.5. The number of carbonyl (C=O) groups is 2. The normalized spacial score (nSPS) is 10.9. The molecular weight excluding hydrogens is 295 g/mol. The predicted octanol–water partition coefficient (Wildman–Crippen LogP) is 2.74. The van der Waals surface area contributed by atoms with E-state index in [4.69, 9.17) is 11.6 Å². The maximum Gasteiger partial charge on any atom is 0.312 e. The Hall–Kier alpha value is -1.62. The molecule has 0 aliphatic carbocycles. The van der Waals surface area contributed by atoms with Gasteiger partial charge in [0.15, 0.2) is 0 Å². The molecule has 116 valence electrons. The highest BCUT2D eigenvalue weighted by Gasteiger charge is 2.26. The lowest BCUT2D eigenvalue weighted by Gasteiger charge is -2.29. The maximum atomic E-state index is 13.5. The van der Waals surface area contributed by atoms with Gasteiger partial charge in [0.25, 0.3) is 0 Å². The third kappa shape index (κ3) is 4.70. The predicted molar refractivity (Wildman–Crippen MR) is 80.4 cm³/mol. The van der Waals surface area contributed by atoms with Crippen LogP contribution in [0.4, 0.5) is 4.39 Å². The van der Waals surface area contributed by atoms with Gasteiger partial charge in [0.1, 0.15) is 5.82 Å². The molecule has 0 bridgehead atoms. The van der Waals surface area contributed by atoms with Crippen molar-refractivity contribution in [1.29, 1.82) is 0 Å². The van der Waals surface area contributed by atoms with Crippen LogP contribution in [0.25, 0.3) is 0 Å². The molecule has 0 unspecified atom stereocenters. The van der Waals surface area contributed by atoms with Gasteiger partial charge in [-0.15, -0.1) is 0 Å². The molecule has 0 aromatic heterocycles. The summed E-state index contributed by atoms with van der Waals surface area (Å²) in [6.07, 6.45) is 0. The highest BCUT2D eigenvalue weighted by atomic mass is 35.5. The molecule has 0 aliphatic rings. The molecular formula is C15H20ClFN2O2. The number of nitrogens with zero attached hydrogens (tertiary/aromatic N) is 1. The molecule has 0 atom stereocenters. The molecule has 21 heavy (non-hydrogen) atoms. The summed E-state index contributed by atoms with van der Waals surface area (Å²) in [5.74, 6) is -1.85. The molecule has 1 N–H and O–H groups in total. The number of hydrogen-bond acceptors (Lipinski definition) is 2. The van der Waals surface area contributed by atoms with Crippen LogP contribution in [-0.4, -0.2) is 28.8 Å². The number of benzene rings is 1. The molecule has 0 heterocycles. The Morgan fingerprint density at radius 2 is 1.81 bits per heavy atom. The van der Waals surface area contributed by atoms with Crippen molar-refractivity contribution in [3.63, 3.8) is 0 Å². The topological polar surface area (TPSA) is 49.4 Å². The van der Waals surface area contributed by atoms with Crippen LogP contribution in [0.2, 0.25) is 5.02 Å². The first kappa shape index (κ1) is 17.4. The lowest BCUT2D eigenvalue weighted by Crippen LogP contribution is -2.49. The van der Waals surface area contributed by atoms with E-state index in [1.807, 2.05) is 27.7 Å². The summed E-state index contributed by atoms with van der Waals surface area (Å²) < 4.78 is 13.5. The van der Waals surface area contributed by atoms with Gasteiger partial charge in [-0.2, -0.15) is 0 Å². The van der Waals surface area contributed by atoms with Crippen molar-refractivity contribution < 1.29 is 14.0 Å². The Kier molecular flexibility index (Phi) is 6.15. The van der Waals surface area contributed by atoms with Crippen LogP contribution in [-0.2, 0) is 16.1 Å². The summed E-state index contributed by atoms with van der Waals surface area (Å²) >= 11 is 5.77. The van der Waals surface area contributed by atoms with E-state index in [0.717, 1.165) is 0 Å². The SMILES string of the molecule is CC(C)N(C(=O)C(=O)NCc1cc(Cl)ccc1F)C(C)C. The van der Waals surface area contributed by atoms with Crippen LogP contribution in [0, 0.1) is 5.82 Å². The van der Waals surface area contributed by atoms with E-state index in [0.29, 0.717) is 5.02 Å². The van der Waals surface area contributed by atoms with Crippen molar-refractivity contribution in [3.8, 4) is 0 Å². The standard InChI is InChI=1S/C15H20ClFN2O2/c1-9(2)19(10(3)4)15(21)14(20)18-8-11-7-12(16)5-6-13(11)17/h5-7,9-10H,8H2,1-4H3,(H,18,20). The molecule has 2 amide bonds. The average Bonchev–Trinajstić information content (AvgIpc) is 2.38. The first-order valence-electron chi connectivity index (χ1n) is 6.78. The van der Waals surface area contributed by atoms with Crippen molar-refractivity contribution in [3.05, 3.63) is 34.6 Å². The first-order valence-corrected chi connectivity index (χ1v) is 7.16. The van der Waals surface area contributed by atoms with Crippen molar-refractivity contribution in [2.45, 2.75) is 46.3 Å². The molecule has 1 aromatic carbocycles.